The number of fused-ring (bicyclic) bond motifs is 1. The Labute approximate surface area is 270 Å². The topological polar surface area (TPSA) is 79.1 Å². The highest BCUT2D eigenvalue weighted by Gasteiger charge is 2.33. The second-order valence-corrected chi connectivity index (χ2v) is 12.6. The first kappa shape index (κ1) is 31.1. The fraction of sp³-hybridized carbons (Fsp3) is 0.219. The number of thioether (sulfide) groups is 1. The molecule has 0 radical (unpaired) electrons. The van der Waals surface area contributed by atoms with Crippen LogP contribution in [-0.2, 0) is 16.1 Å². The van der Waals surface area contributed by atoms with Crippen LogP contribution >= 0.6 is 50.6 Å². The Morgan fingerprint density at radius 3 is 2.60 bits per heavy atom. The van der Waals surface area contributed by atoms with E-state index in [0.29, 0.717) is 41.6 Å². The molecule has 5 rings (SSSR count). The molecular weight excluding hydrogens is 672 g/mol. The van der Waals surface area contributed by atoms with Crippen molar-refractivity contribution in [1.82, 2.24) is 4.57 Å². The molecule has 0 saturated heterocycles. The number of hydrogen-bond acceptors (Lipinski definition) is 8. The number of carbonyl (C=O) groups is 1. The molecule has 11 heteroatoms. The van der Waals surface area contributed by atoms with E-state index < -0.39 is 12.0 Å². The Kier molecular flexibility index (Phi) is 9.81. The van der Waals surface area contributed by atoms with E-state index in [1.54, 1.807) is 49.4 Å². The molecule has 3 aromatic carbocycles. The molecule has 222 valence electrons. The fourth-order valence-corrected chi connectivity index (χ4v) is 6.99. The van der Waals surface area contributed by atoms with Gasteiger partial charge in [-0.05, 0) is 83.6 Å². The monoisotopic (exact) mass is 698 g/mol. The van der Waals surface area contributed by atoms with E-state index in [0.717, 1.165) is 21.6 Å². The highest BCUT2D eigenvalue weighted by atomic mass is 79.9. The van der Waals surface area contributed by atoms with E-state index in [2.05, 4.69) is 20.9 Å². The molecule has 0 unspecified atom stereocenters. The Morgan fingerprint density at radius 1 is 1.19 bits per heavy atom. The predicted molar refractivity (Wildman–Crippen MR) is 175 cm³/mol. The second-order valence-electron chi connectivity index (χ2n) is 9.49. The van der Waals surface area contributed by atoms with Crippen LogP contribution in [0.25, 0.3) is 6.08 Å². The molecule has 0 spiro atoms. The van der Waals surface area contributed by atoms with Gasteiger partial charge in [-0.2, -0.15) is 0 Å². The van der Waals surface area contributed by atoms with E-state index in [9.17, 15) is 9.59 Å². The maximum absolute atomic E-state index is 14.0. The predicted octanol–water partition coefficient (Wildman–Crippen LogP) is 6.52. The lowest BCUT2D eigenvalue weighted by atomic mass is 9.96. The first-order valence-electron chi connectivity index (χ1n) is 13.3. The Morgan fingerprint density at radius 2 is 1.93 bits per heavy atom. The number of halogens is 2. The lowest BCUT2D eigenvalue weighted by Crippen LogP contribution is -2.39. The van der Waals surface area contributed by atoms with Gasteiger partial charge in [0.1, 0.15) is 6.61 Å². The third kappa shape index (κ3) is 6.47. The van der Waals surface area contributed by atoms with Crippen molar-refractivity contribution in [1.29, 1.82) is 0 Å². The van der Waals surface area contributed by atoms with E-state index in [-0.39, 0.29) is 18.8 Å². The van der Waals surface area contributed by atoms with Crippen molar-refractivity contribution in [2.75, 3.05) is 20.0 Å². The third-order valence-electron chi connectivity index (χ3n) is 6.83. The molecule has 0 N–H and O–H groups in total. The largest absolute Gasteiger partial charge is 0.493 e. The van der Waals surface area contributed by atoms with Crippen molar-refractivity contribution >= 4 is 62.7 Å². The number of rotatable bonds is 9. The molecule has 1 aliphatic heterocycles. The molecule has 1 atom stereocenters. The zero-order valence-corrected chi connectivity index (χ0v) is 27.8. The summed E-state index contributed by atoms with van der Waals surface area (Å²) >= 11 is 12.8. The molecular formula is C32H28BrClN2O5S2. The van der Waals surface area contributed by atoms with Crippen molar-refractivity contribution in [3.8, 4) is 11.5 Å². The zero-order valence-electron chi connectivity index (χ0n) is 23.9. The lowest BCUT2D eigenvalue weighted by molar-refractivity contribution is -0.139. The number of nitrogens with zero attached hydrogens (tertiary/aromatic N) is 2. The number of carbonyl (C=O) groups excluding carboxylic acids is 1. The molecule has 0 fully saturated rings. The standard InChI is InChI=1S/C32H28BrClN2O5S2/c1-5-40-31(38)27-18(2)35-32-36(28(27)20-10-12-22(42-4)13-11-20)30(37)26(43-32)16-19-14-23(33)29(25(15-19)39-3)41-17-21-8-6-7-9-24(21)34/h6-16,28H,5,17H2,1-4H3/b26-16-/t28-/m1/s1. The maximum Gasteiger partial charge on any atom is 0.338 e. The first-order valence-corrected chi connectivity index (χ1v) is 16.5. The number of esters is 1. The molecule has 1 aromatic heterocycles. The van der Waals surface area contributed by atoms with Gasteiger partial charge in [0, 0.05) is 15.5 Å². The minimum absolute atomic E-state index is 0.215. The summed E-state index contributed by atoms with van der Waals surface area (Å²) in [6.45, 7) is 4.00. The smallest absolute Gasteiger partial charge is 0.338 e. The van der Waals surface area contributed by atoms with Crippen LogP contribution in [0.1, 0.15) is 36.6 Å². The Balaban J connectivity index is 1.58. The number of methoxy groups -OCH3 is 1. The van der Waals surface area contributed by atoms with Gasteiger partial charge >= 0.3 is 5.97 Å². The van der Waals surface area contributed by atoms with Gasteiger partial charge in [0.05, 0.1) is 40.0 Å². The van der Waals surface area contributed by atoms with E-state index in [4.69, 9.17) is 25.8 Å². The number of benzene rings is 3. The third-order valence-corrected chi connectivity index (χ3v) is 9.51. The van der Waals surface area contributed by atoms with Crippen molar-refractivity contribution in [2.24, 2.45) is 4.99 Å². The average Bonchev–Trinajstić information content (AvgIpc) is 3.30. The number of thiazole rings is 1. The molecule has 0 bridgehead atoms. The summed E-state index contributed by atoms with van der Waals surface area (Å²) in [4.78, 5) is 33.4. The first-order chi connectivity index (χ1) is 20.7. The fourth-order valence-electron chi connectivity index (χ4n) is 4.77. The summed E-state index contributed by atoms with van der Waals surface area (Å²) < 4.78 is 19.8. The summed E-state index contributed by atoms with van der Waals surface area (Å²) in [5.74, 6) is 0.523. The van der Waals surface area contributed by atoms with Crippen LogP contribution in [-0.4, -0.2) is 30.5 Å². The van der Waals surface area contributed by atoms with Crippen LogP contribution < -0.4 is 24.4 Å². The average molecular weight is 700 g/mol. The van der Waals surface area contributed by atoms with Crippen molar-refractivity contribution < 1.29 is 19.0 Å². The van der Waals surface area contributed by atoms with Crippen LogP contribution in [0, 0.1) is 0 Å². The van der Waals surface area contributed by atoms with Crippen molar-refractivity contribution in [3.63, 3.8) is 0 Å². The van der Waals surface area contributed by atoms with Crippen LogP contribution in [0.15, 0.2) is 91.1 Å². The molecule has 0 aliphatic carbocycles. The molecule has 2 heterocycles. The Bertz CT molecular complexity index is 1900. The summed E-state index contributed by atoms with van der Waals surface area (Å²) in [5.41, 5.74) is 2.98. The summed E-state index contributed by atoms with van der Waals surface area (Å²) in [6, 6.07) is 18.3. The summed E-state index contributed by atoms with van der Waals surface area (Å²) in [5, 5.41) is 0.615. The zero-order chi connectivity index (χ0) is 30.7. The van der Waals surface area contributed by atoms with Crippen LogP contribution in [0.3, 0.4) is 0 Å². The number of allylic oxidation sites excluding steroid dienone is 1. The molecule has 0 amide bonds. The molecule has 1 aliphatic rings. The molecule has 0 saturated carbocycles. The van der Waals surface area contributed by atoms with Gasteiger partial charge < -0.3 is 14.2 Å². The molecule has 7 nitrogen and oxygen atoms in total. The number of ether oxygens (including phenoxy) is 3. The van der Waals surface area contributed by atoms with Crippen LogP contribution in [0.5, 0.6) is 11.5 Å². The Hall–Kier alpha value is -3.31. The quantitative estimate of drug-likeness (QED) is 0.146. The lowest BCUT2D eigenvalue weighted by Gasteiger charge is -2.24. The number of aromatic nitrogens is 1. The van der Waals surface area contributed by atoms with Gasteiger partial charge in [0.15, 0.2) is 16.3 Å². The minimum Gasteiger partial charge on any atom is -0.493 e. The van der Waals surface area contributed by atoms with Gasteiger partial charge in [-0.3, -0.25) is 9.36 Å². The van der Waals surface area contributed by atoms with Gasteiger partial charge in [0.25, 0.3) is 5.56 Å². The molecule has 4 aromatic rings. The highest BCUT2D eigenvalue weighted by Crippen LogP contribution is 2.38. The van der Waals surface area contributed by atoms with E-state index in [1.165, 1.54) is 11.3 Å². The van der Waals surface area contributed by atoms with E-state index in [1.807, 2.05) is 60.9 Å². The highest BCUT2D eigenvalue weighted by molar-refractivity contribution is 9.10. The SMILES string of the molecule is CCOC(=O)C1=C(C)N=c2s/c(=C\c3cc(Br)c(OCc4ccccc4Cl)c(OC)c3)c(=O)n2[C@@H]1c1ccc(SC)cc1. The van der Waals surface area contributed by atoms with Crippen molar-refractivity contribution in [2.45, 2.75) is 31.4 Å². The van der Waals surface area contributed by atoms with E-state index >= 15 is 0 Å². The number of hydrogen-bond donors (Lipinski definition) is 0. The summed E-state index contributed by atoms with van der Waals surface area (Å²) in [6.07, 6.45) is 3.78. The normalized spacial score (nSPS) is 14.7. The van der Waals surface area contributed by atoms with Gasteiger partial charge in [-0.1, -0.05) is 53.3 Å². The summed E-state index contributed by atoms with van der Waals surface area (Å²) in [7, 11) is 1.56. The van der Waals surface area contributed by atoms with Crippen molar-refractivity contribution in [3.05, 3.63) is 118 Å². The minimum atomic E-state index is -0.671. The van der Waals surface area contributed by atoms with Gasteiger partial charge in [-0.15, -0.1) is 11.8 Å². The molecule has 43 heavy (non-hydrogen) atoms. The maximum atomic E-state index is 14.0. The van der Waals surface area contributed by atoms with Gasteiger partial charge in [0.2, 0.25) is 0 Å². The second kappa shape index (κ2) is 13.5. The van der Waals surface area contributed by atoms with Crippen LogP contribution in [0.4, 0.5) is 0 Å². The van der Waals surface area contributed by atoms with Crippen LogP contribution in [0.2, 0.25) is 5.02 Å². The van der Waals surface area contributed by atoms with Gasteiger partial charge in [-0.25, -0.2) is 9.79 Å².